The Hall–Kier alpha value is -7.86. The van der Waals surface area contributed by atoms with Gasteiger partial charge in [-0.15, -0.1) is 20.5 Å². The molecule has 0 aliphatic rings. The van der Waals surface area contributed by atoms with E-state index in [1.54, 1.807) is 19.9 Å². The van der Waals surface area contributed by atoms with Gasteiger partial charge in [0.15, 0.2) is 46.3 Å². The van der Waals surface area contributed by atoms with Crippen LogP contribution < -0.4 is 11.5 Å². The minimum Gasteiger partial charge on any atom is -0.382 e. The summed E-state index contributed by atoms with van der Waals surface area (Å²) in [7, 11) is 0. The molecule has 0 spiro atoms. The largest absolute Gasteiger partial charge is 0.382 e. The Morgan fingerprint density at radius 2 is 1.20 bits per heavy atom. The van der Waals surface area contributed by atoms with Crippen LogP contribution in [0.2, 0.25) is 0 Å². The normalized spacial score (nSPS) is 11.4. The highest BCUT2D eigenvalue weighted by molar-refractivity contribution is 5.67. The molecule has 0 atom stereocenters. The van der Waals surface area contributed by atoms with E-state index in [1.165, 1.54) is 37.4 Å². The Morgan fingerprint density at radius 3 is 1.72 bits per heavy atom. The van der Waals surface area contributed by atoms with E-state index < -0.39 is 0 Å². The minimum atomic E-state index is 0.143. The van der Waals surface area contributed by atoms with Crippen LogP contribution in [0.1, 0.15) is 17.0 Å². The van der Waals surface area contributed by atoms with Gasteiger partial charge in [-0.05, 0) is 38.1 Å². The fourth-order valence-corrected chi connectivity index (χ4v) is 4.97. The zero-order valence-electron chi connectivity index (χ0n) is 26.4. The maximum Gasteiger partial charge on any atom is 0.252 e. The number of azo groups is 2. The zero-order valence-corrected chi connectivity index (χ0v) is 26.4. The highest BCUT2D eigenvalue weighted by atomic mass is 15.4. The predicted octanol–water partition coefficient (Wildman–Crippen LogP) is 6.25. The fourth-order valence-electron chi connectivity index (χ4n) is 4.97. The first-order valence-corrected chi connectivity index (χ1v) is 14.8. The van der Waals surface area contributed by atoms with Crippen LogP contribution in [0, 0.1) is 31.8 Å². The van der Waals surface area contributed by atoms with Gasteiger partial charge in [0.2, 0.25) is 0 Å². The van der Waals surface area contributed by atoms with Crippen LogP contribution in [-0.2, 0) is 0 Å². The van der Waals surface area contributed by atoms with E-state index in [4.69, 9.17) is 18.0 Å². The first kappa shape index (κ1) is 30.8. The van der Waals surface area contributed by atoms with Crippen LogP contribution in [-0.4, -0.2) is 49.1 Å². The SMILES string of the molecule is [C-]#[N+]c1cnn(-c2ccccc2)c1N=Nc1c(C)nn(-c2cc(-n3nc(C)c(N=Nc4c(C#N)cnn4-c4ccccc4)c3N)ncn2)c1N. The number of nitrogens with two attached hydrogens (primary N) is 2. The third kappa shape index (κ3) is 5.46. The van der Waals surface area contributed by atoms with Crippen molar-refractivity contribution in [1.29, 1.82) is 5.26 Å². The Morgan fingerprint density at radius 1 is 0.700 bits per heavy atom. The molecule has 0 radical (unpaired) electrons. The van der Waals surface area contributed by atoms with Gasteiger partial charge in [-0.2, -0.15) is 35.0 Å². The summed E-state index contributed by atoms with van der Waals surface area (Å²) in [4.78, 5) is 12.2. The summed E-state index contributed by atoms with van der Waals surface area (Å²) in [5, 5.41) is 44.7. The molecule has 0 fully saturated rings. The fraction of sp³-hybridized carbons (Fsp3) is 0.0625. The molecule has 0 unspecified atom stereocenters. The number of nitrogens with zero attached hydrogens (tertiary/aromatic N) is 16. The molecule has 5 aromatic heterocycles. The van der Waals surface area contributed by atoms with Crippen molar-refractivity contribution in [1.82, 2.24) is 49.1 Å². The van der Waals surface area contributed by atoms with Gasteiger partial charge in [-0.3, -0.25) is 0 Å². The maximum absolute atomic E-state index is 9.64. The molecule has 0 bridgehead atoms. The predicted molar refractivity (Wildman–Crippen MR) is 181 cm³/mol. The summed E-state index contributed by atoms with van der Waals surface area (Å²) in [5.41, 5.74) is 16.4. The summed E-state index contributed by atoms with van der Waals surface area (Å²) in [6, 6.07) is 22.2. The average molecular weight is 661 g/mol. The zero-order chi connectivity index (χ0) is 34.8. The quantitative estimate of drug-likeness (QED) is 0.138. The third-order valence-corrected chi connectivity index (χ3v) is 7.40. The molecule has 0 aliphatic heterocycles. The second-order valence-corrected chi connectivity index (χ2v) is 10.6. The Balaban J connectivity index is 1.20. The Labute approximate surface area is 283 Å². The summed E-state index contributed by atoms with van der Waals surface area (Å²) in [6.45, 7) is 11.0. The lowest BCUT2D eigenvalue weighted by Gasteiger charge is -2.07. The standard InChI is InChI=1S/C32H24N18/c1-19-27(41-43-31-21(15-33)16-39-47(31)22-10-6-4-7-11-22)29(34)49(45-19)25-14-26(38-18-37-25)50-30(35)28(20(2)46-50)42-44-32-24(36-3)17-40-48(32)23-12-8-5-9-13-23/h4-14,16-18H,34-35H2,1-2H3. The molecule has 4 N–H and O–H groups in total. The van der Waals surface area contributed by atoms with Gasteiger partial charge < -0.3 is 11.5 Å². The van der Waals surface area contributed by atoms with Crippen LogP contribution in [0.4, 0.5) is 40.3 Å². The van der Waals surface area contributed by atoms with Gasteiger partial charge in [0.25, 0.3) is 5.69 Å². The van der Waals surface area contributed by atoms with Crippen molar-refractivity contribution in [2.75, 3.05) is 11.5 Å². The maximum atomic E-state index is 9.64. The van der Waals surface area contributed by atoms with E-state index in [2.05, 4.69) is 61.7 Å². The van der Waals surface area contributed by atoms with E-state index in [0.717, 1.165) is 0 Å². The number of nitriles is 1. The topological polar surface area (TPSA) is 227 Å². The summed E-state index contributed by atoms with van der Waals surface area (Å²) in [6.07, 6.45) is 4.16. The number of aromatic nitrogens is 10. The Kier molecular flexibility index (Phi) is 7.84. The molecule has 18 nitrogen and oxygen atoms in total. The second-order valence-electron chi connectivity index (χ2n) is 10.6. The van der Waals surface area contributed by atoms with E-state index >= 15 is 0 Å². The first-order chi connectivity index (χ1) is 24.4. The van der Waals surface area contributed by atoms with Crippen molar-refractivity contribution in [3.63, 3.8) is 0 Å². The van der Waals surface area contributed by atoms with Crippen LogP contribution in [0.25, 0.3) is 27.9 Å². The summed E-state index contributed by atoms with van der Waals surface area (Å²) < 4.78 is 5.81. The second kappa shape index (κ2) is 12.7. The lowest BCUT2D eigenvalue weighted by molar-refractivity contribution is 0.801. The molecule has 0 amide bonds. The molecule has 2 aromatic carbocycles. The highest BCUT2D eigenvalue weighted by Crippen LogP contribution is 2.36. The first-order valence-electron chi connectivity index (χ1n) is 14.8. The number of para-hydroxylation sites is 2. The molecule has 7 aromatic rings. The molecule has 242 valence electrons. The van der Waals surface area contributed by atoms with Crippen molar-refractivity contribution in [2.24, 2.45) is 20.5 Å². The monoisotopic (exact) mass is 660 g/mol. The van der Waals surface area contributed by atoms with Crippen molar-refractivity contribution >= 4 is 40.3 Å². The van der Waals surface area contributed by atoms with Crippen molar-refractivity contribution in [3.05, 3.63) is 114 Å². The van der Waals surface area contributed by atoms with E-state index in [1.807, 2.05) is 60.7 Å². The van der Waals surface area contributed by atoms with Gasteiger partial charge in [-0.1, -0.05) is 36.4 Å². The molecular formula is C32H24N18. The summed E-state index contributed by atoms with van der Waals surface area (Å²) >= 11 is 0. The minimum absolute atomic E-state index is 0.143. The van der Waals surface area contributed by atoms with Crippen molar-refractivity contribution in [3.8, 4) is 29.1 Å². The highest BCUT2D eigenvalue weighted by Gasteiger charge is 2.20. The summed E-state index contributed by atoms with van der Waals surface area (Å²) in [5.74, 6) is 1.37. The molecule has 50 heavy (non-hydrogen) atoms. The molecule has 5 heterocycles. The van der Waals surface area contributed by atoms with Crippen LogP contribution in [0.15, 0.2) is 106 Å². The van der Waals surface area contributed by atoms with Gasteiger partial charge in [-0.25, -0.2) is 24.2 Å². The number of hydrogen-bond acceptors (Lipinski definition) is 13. The number of nitrogen functional groups attached to an aromatic ring is 2. The van der Waals surface area contributed by atoms with Gasteiger partial charge >= 0.3 is 0 Å². The van der Waals surface area contributed by atoms with Crippen molar-refractivity contribution in [2.45, 2.75) is 13.8 Å². The lowest BCUT2D eigenvalue weighted by atomic mass is 10.3. The number of aryl methyl sites for hydroxylation is 2. The molecule has 0 saturated heterocycles. The molecule has 0 saturated carbocycles. The number of anilines is 2. The van der Waals surface area contributed by atoms with E-state index in [9.17, 15) is 5.26 Å². The lowest BCUT2D eigenvalue weighted by Crippen LogP contribution is -2.09. The van der Waals surface area contributed by atoms with Gasteiger partial charge in [0, 0.05) is 6.07 Å². The smallest absolute Gasteiger partial charge is 0.252 e. The molecule has 7 rings (SSSR count). The van der Waals surface area contributed by atoms with E-state index in [0.29, 0.717) is 34.4 Å². The van der Waals surface area contributed by atoms with Gasteiger partial charge in [0.05, 0.1) is 41.7 Å². The third-order valence-electron chi connectivity index (χ3n) is 7.40. The van der Waals surface area contributed by atoms with Gasteiger partial charge in [0.1, 0.15) is 18.0 Å². The number of rotatable bonds is 8. The Bertz CT molecular complexity index is 2330. The van der Waals surface area contributed by atoms with Crippen LogP contribution in [0.3, 0.4) is 0 Å². The van der Waals surface area contributed by atoms with E-state index in [-0.39, 0.29) is 45.9 Å². The van der Waals surface area contributed by atoms with Crippen LogP contribution in [0.5, 0.6) is 0 Å². The molecular weight excluding hydrogens is 636 g/mol. The number of benzene rings is 2. The van der Waals surface area contributed by atoms with Crippen molar-refractivity contribution < 1.29 is 0 Å². The molecule has 18 heteroatoms. The average Bonchev–Trinajstić information content (AvgIpc) is 3.90. The number of hydrogen-bond donors (Lipinski definition) is 2. The van der Waals surface area contributed by atoms with Crippen LogP contribution >= 0.6 is 0 Å². The molecule has 0 aliphatic carbocycles.